The summed E-state index contributed by atoms with van der Waals surface area (Å²) >= 11 is 1.97. The number of fused-ring (bicyclic) bond motifs is 9. The molecule has 8 aromatic rings. The SMILES string of the molecule is N#Cc1ccc2c(c1)c1ccccc1n2-c1ccc2c(c1)-c1cc(-c3cccc4oc5ccccc5c34)ccc1CSC2. The summed E-state index contributed by atoms with van der Waals surface area (Å²) in [6.45, 7) is 0. The van der Waals surface area contributed by atoms with Crippen LogP contribution in [0.2, 0.25) is 0 Å². The van der Waals surface area contributed by atoms with Gasteiger partial charge < -0.3 is 8.98 Å². The van der Waals surface area contributed by atoms with Crippen molar-refractivity contribution < 1.29 is 4.42 Å². The van der Waals surface area contributed by atoms with E-state index in [9.17, 15) is 5.26 Å². The summed E-state index contributed by atoms with van der Waals surface area (Å²) < 4.78 is 8.56. The summed E-state index contributed by atoms with van der Waals surface area (Å²) in [6, 6.07) is 45.3. The van der Waals surface area contributed by atoms with E-state index in [-0.39, 0.29) is 0 Å². The lowest BCUT2D eigenvalue weighted by Gasteiger charge is -2.15. The second kappa shape index (κ2) is 9.39. The Morgan fingerprint density at radius 2 is 1.35 bits per heavy atom. The van der Waals surface area contributed by atoms with Gasteiger partial charge in [0, 0.05) is 38.7 Å². The molecular weight excluding hydrogens is 545 g/mol. The highest BCUT2D eigenvalue weighted by atomic mass is 32.2. The zero-order valence-electron chi connectivity index (χ0n) is 23.2. The van der Waals surface area contributed by atoms with E-state index in [0.717, 1.165) is 60.9 Å². The Kier molecular flexibility index (Phi) is 5.32. The van der Waals surface area contributed by atoms with Gasteiger partial charge in [0.15, 0.2) is 0 Å². The van der Waals surface area contributed by atoms with Gasteiger partial charge >= 0.3 is 0 Å². The van der Waals surface area contributed by atoms with Crippen LogP contribution in [-0.4, -0.2) is 4.57 Å². The molecule has 1 aliphatic rings. The predicted molar refractivity (Wildman–Crippen MR) is 179 cm³/mol. The molecule has 3 heterocycles. The van der Waals surface area contributed by atoms with Crippen LogP contribution in [0.4, 0.5) is 0 Å². The van der Waals surface area contributed by atoms with Gasteiger partial charge in [0.05, 0.1) is 22.7 Å². The Balaban J connectivity index is 1.27. The second-order valence-corrected chi connectivity index (χ2v) is 12.2. The third-order valence-electron chi connectivity index (χ3n) is 8.78. The molecule has 3 nitrogen and oxygen atoms in total. The van der Waals surface area contributed by atoms with Crippen LogP contribution in [0.3, 0.4) is 0 Å². The van der Waals surface area contributed by atoms with E-state index in [1.165, 1.54) is 33.4 Å². The number of hydrogen-bond donors (Lipinski definition) is 0. The van der Waals surface area contributed by atoms with Crippen molar-refractivity contribution in [2.24, 2.45) is 0 Å². The largest absolute Gasteiger partial charge is 0.456 e. The van der Waals surface area contributed by atoms with Crippen molar-refractivity contribution in [1.29, 1.82) is 5.26 Å². The van der Waals surface area contributed by atoms with E-state index in [0.29, 0.717) is 5.56 Å². The first kappa shape index (κ1) is 24.4. The number of nitrogens with zero attached hydrogens (tertiary/aromatic N) is 2. The van der Waals surface area contributed by atoms with Crippen molar-refractivity contribution in [3.05, 3.63) is 138 Å². The number of para-hydroxylation sites is 2. The molecule has 2 aromatic heterocycles. The monoisotopic (exact) mass is 568 g/mol. The zero-order chi connectivity index (χ0) is 28.5. The molecule has 6 aromatic carbocycles. The molecule has 0 aliphatic carbocycles. The topological polar surface area (TPSA) is 41.9 Å². The minimum atomic E-state index is 0.677. The predicted octanol–water partition coefficient (Wildman–Crippen LogP) is 10.6. The van der Waals surface area contributed by atoms with Gasteiger partial charge in [0.1, 0.15) is 11.2 Å². The Labute approximate surface area is 252 Å². The number of furan rings is 1. The maximum Gasteiger partial charge on any atom is 0.136 e. The Morgan fingerprint density at radius 3 is 2.23 bits per heavy atom. The van der Waals surface area contributed by atoms with E-state index in [2.05, 4.69) is 108 Å². The van der Waals surface area contributed by atoms with Crippen LogP contribution in [0.25, 0.3) is 71.7 Å². The number of benzene rings is 6. The number of hydrogen-bond acceptors (Lipinski definition) is 3. The van der Waals surface area contributed by atoms with Crippen LogP contribution < -0.4 is 0 Å². The van der Waals surface area contributed by atoms with Crippen LogP contribution in [0.1, 0.15) is 16.7 Å². The van der Waals surface area contributed by atoms with E-state index < -0.39 is 0 Å². The van der Waals surface area contributed by atoms with Crippen molar-refractivity contribution in [3.63, 3.8) is 0 Å². The van der Waals surface area contributed by atoms with Gasteiger partial charge in [-0.1, -0.05) is 66.7 Å². The molecule has 4 heteroatoms. The van der Waals surface area contributed by atoms with Crippen LogP contribution >= 0.6 is 11.8 Å². The molecule has 0 atom stereocenters. The van der Waals surface area contributed by atoms with Gasteiger partial charge in [-0.2, -0.15) is 17.0 Å². The van der Waals surface area contributed by atoms with Crippen LogP contribution in [-0.2, 0) is 11.5 Å². The number of rotatable bonds is 2. The minimum Gasteiger partial charge on any atom is -0.456 e. The van der Waals surface area contributed by atoms with Crippen LogP contribution in [0, 0.1) is 11.3 Å². The van der Waals surface area contributed by atoms with E-state index in [4.69, 9.17) is 4.42 Å². The van der Waals surface area contributed by atoms with E-state index in [1.807, 2.05) is 36.0 Å². The molecule has 0 saturated carbocycles. The summed E-state index contributed by atoms with van der Waals surface area (Å²) in [7, 11) is 0. The van der Waals surface area contributed by atoms with Gasteiger partial charge in [0.2, 0.25) is 0 Å². The first-order chi connectivity index (χ1) is 21.3. The molecule has 0 amide bonds. The van der Waals surface area contributed by atoms with Gasteiger partial charge in [-0.05, 0) is 88.0 Å². The third-order valence-corrected chi connectivity index (χ3v) is 9.81. The maximum absolute atomic E-state index is 9.58. The Bertz CT molecular complexity index is 2460. The average Bonchev–Trinajstić information content (AvgIpc) is 3.54. The third kappa shape index (κ3) is 3.69. The molecule has 0 N–H and O–H groups in total. The molecule has 0 saturated heterocycles. The number of aromatic nitrogens is 1. The quantitative estimate of drug-likeness (QED) is 0.208. The van der Waals surface area contributed by atoms with E-state index in [1.54, 1.807) is 0 Å². The maximum atomic E-state index is 9.58. The average molecular weight is 569 g/mol. The van der Waals surface area contributed by atoms with Gasteiger partial charge in [-0.15, -0.1) is 0 Å². The van der Waals surface area contributed by atoms with Crippen molar-refractivity contribution in [3.8, 4) is 34.0 Å². The highest BCUT2D eigenvalue weighted by Crippen LogP contribution is 2.43. The molecule has 0 spiro atoms. The summed E-state index contributed by atoms with van der Waals surface area (Å²) in [5.41, 5.74) is 13.5. The fourth-order valence-corrected chi connectivity index (χ4v) is 7.85. The van der Waals surface area contributed by atoms with Crippen molar-refractivity contribution in [2.45, 2.75) is 11.5 Å². The highest BCUT2D eigenvalue weighted by Gasteiger charge is 2.20. The van der Waals surface area contributed by atoms with Crippen molar-refractivity contribution in [1.82, 2.24) is 4.57 Å². The summed E-state index contributed by atoms with van der Waals surface area (Å²) in [5, 5.41) is 14.1. The van der Waals surface area contributed by atoms with Gasteiger partial charge in [0.25, 0.3) is 0 Å². The highest BCUT2D eigenvalue weighted by molar-refractivity contribution is 7.97. The molecule has 202 valence electrons. The van der Waals surface area contributed by atoms with Crippen molar-refractivity contribution >= 4 is 55.5 Å². The standard InChI is InChI=1S/C39H24N2OS/c40-21-24-12-17-36-34(18-24)30-6-1-3-9-35(30)41(36)28-16-15-27-23-43-22-26-14-13-25(19-32(26)33(27)20-28)29-8-5-11-38-39(29)31-7-2-4-10-37(31)42-38/h1-20H,22-23H2. The van der Waals surface area contributed by atoms with E-state index >= 15 is 0 Å². The van der Waals surface area contributed by atoms with Crippen LogP contribution in [0.15, 0.2) is 126 Å². The lowest BCUT2D eigenvalue weighted by atomic mass is 9.91. The summed E-state index contributed by atoms with van der Waals surface area (Å²) in [4.78, 5) is 0. The zero-order valence-corrected chi connectivity index (χ0v) is 24.0. The molecule has 0 unspecified atom stereocenters. The van der Waals surface area contributed by atoms with Gasteiger partial charge in [-0.3, -0.25) is 0 Å². The smallest absolute Gasteiger partial charge is 0.136 e. The number of thioether (sulfide) groups is 1. The molecule has 0 fully saturated rings. The molecule has 0 radical (unpaired) electrons. The number of nitriles is 1. The normalized spacial score (nSPS) is 12.8. The summed E-state index contributed by atoms with van der Waals surface area (Å²) in [5.74, 6) is 1.95. The molecule has 0 bridgehead atoms. The molecule has 43 heavy (non-hydrogen) atoms. The minimum absolute atomic E-state index is 0.677. The van der Waals surface area contributed by atoms with Gasteiger partial charge in [-0.25, -0.2) is 0 Å². The van der Waals surface area contributed by atoms with Crippen molar-refractivity contribution in [2.75, 3.05) is 0 Å². The summed E-state index contributed by atoms with van der Waals surface area (Å²) in [6.07, 6.45) is 0. The fraction of sp³-hybridized carbons (Fsp3) is 0.0513. The second-order valence-electron chi connectivity index (χ2n) is 11.2. The Morgan fingerprint density at radius 1 is 0.605 bits per heavy atom. The first-order valence-electron chi connectivity index (χ1n) is 14.4. The van der Waals surface area contributed by atoms with Crippen LogP contribution in [0.5, 0.6) is 0 Å². The molecule has 1 aliphatic heterocycles. The lowest BCUT2D eigenvalue weighted by molar-refractivity contribution is 0.669. The Hall–Kier alpha value is -5.24. The molecular formula is C39H24N2OS. The fourth-order valence-electron chi connectivity index (χ4n) is 6.81. The molecule has 9 rings (SSSR count). The first-order valence-corrected chi connectivity index (χ1v) is 15.6. The lowest BCUT2D eigenvalue weighted by Crippen LogP contribution is -1.97.